The van der Waals surface area contributed by atoms with Gasteiger partial charge < -0.3 is 15.5 Å². The number of rotatable bonds is 5. The average molecular weight is 232 g/mol. The highest BCUT2D eigenvalue weighted by molar-refractivity contribution is 5.78. The molecular weight excluding hydrogens is 216 g/mol. The van der Waals surface area contributed by atoms with E-state index in [0.29, 0.717) is 25.9 Å². The molecule has 0 bridgehead atoms. The van der Waals surface area contributed by atoms with Gasteiger partial charge in [0.25, 0.3) is 0 Å². The standard InChI is InChI=1S/C13H16N2O2/c14-7-5-13(16)15-8-6-11-9-10-3-1-2-4-12(10)17-11/h1-4,9H,5-8,14H2,(H,15,16). The number of carbonyl (C=O) groups excluding carboxylic acids is 1. The van der Waals surface area contributed by atoms with E-state index in [1.165, 1.54) is 0 Å². The van der Waals surface area contributed by atoms with Gasteiger partial charge in [0.2, 0.25) is 5.91 Å². The minimum Gasteiger partial charge on any atom is -0.461 e. The lowest BCUT2D eigenvalue weighted by atomic mass is 10.2. The SMILES string of the molecule is NCCC(=O)NCCc1cc2ccccc2o1. The van der Waals surface area contributed by atoms with Crippen LogP contribution >= 0.6 is 0 Å². The van der Waals surface area contributed by atoms with Gasteiger partial charge >= 0.3 is 0 Å². The van der Waals surface area contributed by atoms with E-state index >= 15 is 0 Å². The summed E-state index contributed by atoms with van der Waals surface area (Å²) < 4.78 is 5.63. The maximum Gasteiger partial charge on any atom is 0.221 e. The molecule has 0 atom stereocenters. The molecule has 2 aromatic rings. The summed E-state index contributed by atoms with van der Waals surface area (Å²) in [5.41, 5.74) is 6.17. The Balaban J connectivity index is 1.89. The number of furan rings is 1. The normalized spacial score (nSPS) is 10.6. The third-order valence-electron chi connectivity index (χ3n) is 2.54. The molecule has 3 N–H and O–H groups in total. The van der Waals surface area contributed by atoms with Crippen LogP contribution in [0.25, 0.3) is 11.0 Å². The molecule has 1 aromatic heterocycles. The van der Waals surface area contributed by atoms with Crippen molar-refractivity contribution < 1.29 is 9.21 Å². The smallest absolute Gasteiger partial charge is 0.221 e. The van der Waals surface area contributed by atoms with Crippen molar-refractivity contribution in [2.24, 2.45) is 5.73 Å². The van der Waals surface area contributed by atoms with Gasteiger partial charge in [0.15, 0.2) is 0 Å². The number of para-hydroxylation sites is 1. The Morgan fingerprint density at radius 3 is 2.94 bits per heavy atom. The fourth-order valence-electron chi connectivity index (χ4n) is 1.70. The topological polar surface area (TPSA) is 68.3 Å². The second-order valence-electron chi connectivity index (χ2n) is 3.89. The zero-order chi connectivity index (χ0) is 12.1. The highest BCUT2D eigenvalue weighted by atomic mass is 16.3. The molecule has 0 fully saturated rings. The Kier molecular flexibility index (Phi) is 3.77. The molecule has 1 amide bonds. The third-order valence-corrected chi connectivity index (χ3v) is 2.54. The number of nitrogens with two attached hydrogens (primary N) is 1. The van der Waals surface area contributed by atoms with Crippen LogP contribution < -0.4 is 11.1 Å². The lowest BCUT2D eigenvalue weighted by molar-refractivity contribution is -0.120. The Labute approximate surface area is 99.8 Å². The van der Waals surface area contributed by atoms with Crippen LogP contribution in [0, 0.1) is 0 Å². The van der Waals surface area contributed by atoms with Crippen LogP contribution in [0.2, 0.25) is 0 Å². The summed E-state index contributed by atoms with van der Waals surface area (Å²) in [6.07, 6.45) is 1.07. The molecule has 0 radical (unpaired) electrons. The van der Waals surface area contributed by atoms with Crippen molar-refractivity contribution in [2.45, 2.75) is 12.8 Å². The minimum atomic E-state index is -0.0105. The van der Waals surface area contributed by atoms with E-state index < -0.39 is 0 Å². The summed E-state index contributed by atoms with van der Waals surface area (Å²) >= 11 is 0. The minimum absolute atomic E-state index is 0.0105. The second-order valence-corrected chi connectivity index (χ2v) is 3.89. The molecule has 0 aliphatic rings. The van der Waals surface area contributed by atoms with Crippen LogP contribution in [-0.4, -0.2) is 19.0 Å². The molecular formula is C13H16N2O2. The summed E-state index contributed by atoms with van der Waals surface area (Å²) in [4.78, 5) is 11.2. The first-order valence-corrected chi connectivity index (χ1v) is 5.74. The van der Waals surface area contributed by atoms with Gasteiger partial charge in [-0.25, -0.2) is 0 Å². The summed E-state index contributed by atoms with van der Waals surface area (Å²) in [6.45, 7) is 0.967. The largest absolute Gasteiger partial charge is 0.461 e. The van der Waals surface area contributed by atoms with Crippen LogP contribution in [-0.2, 0) is 11.2 Å². The lowest BCUT2D eigenvalue weighted by Gasteiger charge is -2.01. The molecule has 4 heteroatoms. The van der Waals surface area contributed by atoms with Crippen molar-refractivity contribution in [3.05, 3.63) is 36.1 Å². The number of fused-ring (bicyclic) bond motifs is 1. The first kappa shape index (κ1) is 11.7. The molecule has 0 saturated heterocycles. The fourth-order valence-corrected chi connectivity index (χ4v) is 1.70. The second kappa shape index (κ2) is 5.50. The van der Waals surface area contributed by atoms with Gasteiger partial charge in [-0.1, -0.05) is 18.2 Å². The van der Waals surface area contributed by atoms with Gasteiger partial charge in [-0.2, -0.15) is 0 Å². The predicted octanol–water partition coefficient (Wildman–Crippen LogP) is 1.44. The Morgan fingerprint density at radius 1 is 1.35 bits per heavy atom. The Morgan fingerprint density at radius 2 is 2.18 bits per heavy atom. The van der Waals surface area contributed by atoms with Crippen molar-refractivity contribution in [3.8, 4) is 0 Å². The van der Waals surface area contributed by atoms with Crippen LogP contribution in [0.1, 0.15) is 12.2 Å². The van der Waals surface area contributed by atoms with Crippen LogP contribution in [0.5, 0.6) is 0 Å². The molecule has 0 aliphatic heterocycles. The van der Waals surface area contributed by atoms with E-state index in [1.54, 1.807) is 0 Å². The van der Waals surface area contributed by atoms with Crippen LogP contribution in [0.3, 0.4) is 0 Å². The molecule has 0 unspecified atom stereocenters. The van der Waals surface area contributed by atoms with Crippen LogP contribution in [0.4, 0.5) is 0 Å². The summed E-state index contributed by atoms with van der Waals surface area (Å²) in [6, 6.07) is 9.87. The third kappa shape index (κ3) is 3.07. The van der Waals surface area contributed by atoms with E-state index in [4.69, 9.17) is 10.2 Å². The molecule has 0 spiro atoms. The lowest BCUT2D eigenvalue weighted by Crippen LogP contribution is -2.27. The van der Waals surface area contributed by atoms with Crippen molar-refractivity contribution >= 4 is 16.9 Å². The van der Waals surface area contributed by atoms with Gasteiger partial charge in [-0.3, -0.25) is 4.79 Å². The maximum absolute atomic E-state index is 11.2. The number of benzene rings is 1. The van der Waals surface area contributed by atoms with E-state index in [9.17, 15) is 4.79 Å². The number of nitrogens with one attached hydrogen (secondary N) is 1. The summed E-state index contributed by atoms with van der Waals surface area (Å²) in [5.74, 6) is 0.878. The van der Waals surface area contributed by atoms with Crippen molar-refractivity contribution in [1.82, 2.24) is 5.32 Å². The van der Waals surface area contributed by atoms with Gasteiger partial charge in [-0.05, 0) is 12.1 Å². The molecule has 2 rings (SSSR count). The van der Waals surface area contributed by atoms with Gasteiger partial charge in [-0.15, -0.1) is 0 Å². The summed E-state index contributed by atoms with van der Waals surface area (Å²) in [5, 5.41) is 3.89. The van der Waals surface area contributed by atoms with Crippen molar-refractivity contribution in [3.63, 3.8) is 0 Å². The quantitative estimate of drug-likeness (QED) is 0.819. The molecule has 0 aliphatic carbocycles. The number of amides is 1. The van der Waals surface area contributed by atoms with Crippen molar-refractivity contribution in [2.75, 3.05) is 13.1 Å². The summed E-state index contributed by atoms with van der Waals surface area (Å²) in [7, 11) is 0. The monoisotopic (exact) mass is 232 g/mol. The highest BCUT2D eigenvalue weighted by Crippen LogP contribution is 2.18. The van der Waals surface area contributed by atoms with Crippen LogP contribution in [0.15, 0.2) is 34.7 Å². The average Bonchev–Trinajstić information content (AvgIpc) is 2.71. The zero-order valence-corrected chi connectivity index (χ0v) is 9.61. The number of hydrogen-bond acceptors (Lipinski definition) is 3. The molecule has 1 heterocycles. The van der Waals surface area contributed by atoms with Gasteiger partial charge in [0.1, 0.15) is 11.3 Å². The molecule has 1 aromatic carbocycles. The predicted molar refractivity (Wildman–Crippen MR) is 66.6 cm³/mol. The molecule has 90 valence electrons. The van der Waals surface area contributed by atoms with Gasteiger partial charge in [0, 0.05) is 31.3 Å². The molecule has 4 nitrogen and oxygen atoms in total. The molecule has 17 heavy (non-hydrogen) atoms. The maximum atomic E-state index is 11.2. The molecule has 0 saturated carbocycles. The van der Waals surface area contributed by atoms with E-state index in [-0.39, 0.29) is 5.91 Å². The first-order chi connectivity index (χ1) is 8.29. The Hall–Kier alpha value is -1.81. The highest BCUT2D eigenvalue weighted by Gasteiger charge is 2.03. The Bertz CT molecular complexity index is 472. The van der Waals surface area contributed by atoms with E-state index in [0.717, 1.165) is 16.7 Å². The first-order valence-electron chi connectivity index (χ1n) is 5.74. The zero-order valence-electron chi connectivity index (χ0n) is 9.61. The number of hydrogen-bond donors (Lipinski definition) is 2. The van der Waals surface area contributed by atoms with Crippen molar-refractivity contribution in [1.29, 1.82) is 0 Å². The van der Waals surface area contributed by atoms with E-state index in [1.807, 2.05) is 30.3 Å². The van der Waals surface area contributed by atoms with Gasteiger partial charge in [0.05, 0.1) is 0 Å². The fraction of sp³-hybridized carbons (Fsp3) is 0.308. The number of carbonyl (C=O) groups is 1. The van der Waals surface area contributed by atoms with E-state index in [2.05, 4.69) is 5.32 Å².